The third-order valence-corrected chi connectivity index (χ3v) is 7.72. The van der Waals surface area contributed by atoms with Crippen molar-refractivity contribution in [2.75, 3.05) is 46.2 Å². The zero-order valence-corrected chi connectivity index (χ0v) is 30.1. The molecule has 53 heavy (non-hydrogen) atoms. The highest BCUT2D eigenvalue weighted by molar-refractivity contribution is 5.69. The number of carbonyl (C=O) groups is 6. The highest BCUT2D eigenvalue weighted by Crippen LogP contribution is 2.41. The zero-order valence-electron chi connectivity index (χ0n) is 30.1. The smallest absolute Gasteiger partial charge is 0.303 e. The first-order chi connectivity index (χ1) is 25.2. The average Bonchev–Trinajstić information content (AvgIpc) is 3.32. The first-order valence-corrected chi connectivity index (χ1v) is 16.7. The van der Waals surface area contributed by atoms with Crippen LogP contribution in [0.4, 0.5) is 0 Å². The molecule has 19 heteroatoms. The molecule has 2 saturated heterocycles. The largest absolute Gasteiger partial charge is 0.487 e. The molecular formula is C34H44O19. The van der Waals surface area contributed by atoms with Crippen LogP contribution in [0.5, 0.6) is 11.5 Å². The molecule has 0 amide bonds. The minimum Gasteiger partial charge on any atom is -0.487 e. The van der Waals surface area contributed by atoms with Gasteiger partial charge in [-0.1, -0.05) is 12.1 Å². The van der Waals surface area contributed by atoms with Crippen LogP contribution in [0.1, 0.15) is 41.5 Å². The Morgan fingerprint density at radius 2 is 1.08 bits per heavy atom. The van der Waals surface area contributed by atoms with Crippen LogP contribution >= 0.6 is 0 Å². The van der Waals surface area contributed by atoms with Gasteiger partial charge in [-0.25, -0.2) is 0 Å². The predicted molar refractivity (Wildman–Crippen MR) is 171 cm³/mol. The van der Waals surface area contributed by atoms with Crippen LogP contribution < -0.4 is 9.47 Å². The molecule has 294 valence electrons. The van der Waals surface area contributed by atoms with Crippen LogP contribution in [0.25, 0.3) is 0 Å². The van der Waals surface area contributed by atoms with Crippen LogP contribution in [0, 0.1) is 0 Å². The fourth-order valence-electron chi connectivity index (χ4n) is 5.87. The maximum absolute atomic E-state index is 12.6. The molecule has 1 aromatic carbocycles. The van der Waals surface area contributed by atoms with Gasteiger partial charge in [0.05, 0.1) is 26.4 Å². The summed E-state index contributed by atoms with van der Waals surface area (Å²) in [6.07, 6.45) is -12.2. The zero-order chi connectivity index (χ0) is 38.7. The maximum Gasteiger partial charge on any atom is 0.303 e. The summed E-state index contributed by atoms with van der Waals surface area (Å²) in [6, 6.07) is 6.87. The Balaban J connectivity index is 1.85. The van der Waals surface area contributed by atoms with Gasteiger partial charge in [-0.3, -0.25) is 28.8 Å². The van der Waals surface area contributed by atoms with Crippen LogP contribution in [-0.2, 0) is 80.9 Å². The number of rotatable bonds is 7. The van der Waals surface area contributed by atoms with Crippen molar-refractivity contribution in [1.29, 1.82) is 0 Å². The van der Waals surface area contributed by atoms with Gasteiger partial charge in [-0.05, 0) is 12.1 Å². The summed E-state index contributed by atoms with van der Waals surface area (Å²) in [5.74, 6) is -6.61. The molecule has 0 N–H and O–H groups in total. The Morgan fingerprint density at radius 3 is 1.60 bits per heavy atom. The topological polar surface area (TPSA) is 222 Å². The fraction of sp³-hybridized carbons (Fsp3) is 0.647. The summed E-state index contributed by atoms with van der Waals surface area (Å²) >= 11 is 0. The van der Waals surface area contributed by atoms with E-state index in [1.807, 2.05) is 0 Å². The van der Waals surface area contributed by atoms with Gasteiger partial charge in [0, 0.05) is 41.5 Å². The van der Waals surface area contributed by atoms with Crippen LogP contribution in [0.2, 0.25) is 0 Å². The Kier molecular flexibility index (Phi) is 14.7. The fourth-order valence-corrected chi connectivity index (χ4v) is 5.87. The van der Waals surface area contributed by atoms with E-state index >= 15 is 0 Å². The van der Waals surface area contributed by atoms with Gasteiger partial charge in [0.25, 0.3) is 0 Å². The molecule has 0 saturated carbocycles. The summed E-state index contributed by atoms with van der Waals surface area (Å²) in [5, 5.41) is 0. The molecule has 3 heterocycles. The third kappa shape index (κ3) is 11.5. The lowest BCUT2D eigenvalue weighted by atomic mass is 9.97. The van der Waals surface area contributed by atoms with Crippen molar-refractivity contribution in [3.05, 3.63) is 24.3 Å². The molecule has 2 fully saturated rings. The van der Waals surface area contributed by atoms with Crippen molar-refractivity contribution in [3.63, 3.8) is 0 Å². The summed E-state index contributed by atoms with van der Waals surface area (Å²) in [4.78, 5) is 74.5. The van der Waals surface area contributed by atoms with Gasteiger partial charge in [-0.15, -0.1) is 0 Å². The third-order valence-electron chi connectivity index (χ3n) is 7.72. The quantitative estimate of drug-likeness (QED) is 0.274. The summed E-state index contributed by atoms with van der Waals surface area (Å²) in [6.45, 7) is 5.11. The summed E-state index contributed by atoms with van der Waals surface area (Å²) in [5.41, 5.74) is 0. The average molecular weight is 757 g/mol. The number of hydrogen-bond acceptors (Lipinski definition) is 19. The number of carbonyl (C=O) groups excluding carboxylic acids is 6. The summed E-state index contributed by atoms with van der Waals surface area (Å²) < 4.78 is 75.6. The molecule has 4 bridgehead atoms. The minimum atomic E-state index is -2.36. The predicted octanol–water partition coefficient (Wildman–Crippen LogP) is 0.549. The van der Waals surface area contributed by atoms with E-state index in [9.17, 15) is 28.8 Å². The van der Waals surface area contributed by atoms with Crippen molar-refractivity contribution in [2.45, 2.75) is 96.3 Å². The number of benzene rings is 1. The van der Waals surface area contributed by atoms with E-state index in [4.69, 9.17) is 61.6 Å². The van der Waals surface area contributed by atoms with Gasteiger partial charge >= 0.3 is 35.8 Å². The first-order valence-electron chi connectivity index (χ1n) is 16.7. The van der Waals surface area contributed by atoms with Crippen LogP contribution in [0.15, 0.2) is 24.3 Å². The highest BCUT2D eigenvalue weighted by Gasteiger charge is 2.64. The van der Waals surface area contributed by atoms with Crippen molar-refractivity contribution in [3.8, 4) is 11.5 Å². The lowest BCUT2D eigenvalue weighted by molar-refractivity contribution is -0.385. The van der Waals surface area contributed by atoms with Gasteiger partial charge in [-0.2, -0.15) is 0 Å². The Labute approximate surface area is 304 Å². The Morgan fingerprint density at radius 1 is 0.585 bits per heavy atom. The molecule has 0 aromatic heterocycles. The normalized spacial score (nSPS) is 30.5. The second kappa shape index (κ2) is 19.0. The monoisotopic (exact) mass is 756 g/mol. The van der Waals surface area contributed by atoms with Crippen LogP contribution in [-0.4, -0.2) is 137 Å². The number of esters is 6. The van der Waals surface area contributed by atoms with Gasteiger partial charge in [0.2, 0.25) is 12.1 Å². The number of hydrogen-bond donors (Lipinski definition) is 0. The first kappa shape index (κ1) is 41.2. The van der Waals surface area contributed by atoms with Crippen molar-refractivity contribution in [2.24, 2.45) is 0 Å². The van der Waals surface area contributed by atoms with E-state index in [1.165, 1.54) is 0 Å². The van der Waals surface area contributed by atoms with Crippen molar-refractivity contribution < 1.29 is 90.3 Å². The lowest BCUT2D eigenvalue weighted by Gasteiger charge is -2.46. The molecule has 9 atom stereocenters. The Hall–Kier alpha value is -4.56. The Bertz CT molecular complexity index is 1440. The van der Waals surface area contributed by atoms with Gasteiger partial charge in [0.15, 0.2) is 42.0 Å². The van der Waals surface area contributed by atoms with Crippen molar-refractivity contribution >= 4 is 35.8 Å². The lowest BCUT2D eigenvalue weighted by Crippen LogP contribution is -2.65. The van der Waals surface area contributed by atoms with Crippen molar-refractivity contribution in [1.82, 2.24) is 0 Å². The van der Waals surface area contributed by atoms with Gasteiger partial charge in [0.1, 0.15) is 32.0 Å². The summed E-state index contributed by atoms with van der Waals surface area (Å²) in [7, 11) is 0. The van der Waals surface area contributed by atoms with E-state index in [2.05, 4.69) is 0 Å². The molecular weight excluding hydrogens is 712 g/mol. The molecule has 0 unspecified atom stereocenters. The number of fused-ring (bicyclic) bond motifs is 5. The second-order valence-electron chi connectivity index (χ2n) is 12.0. The molecule has 19 nitrogen and oxygen atoms in total. The van der Waals surface area contributed by atoms with Crippen LogP contribution in [0.3, 0.4) is 0 Å². The van der Waals surface area contributed by atoms with E-state index < -0.39 is 97.2 Å². The molecule has 4 rings (SSSR count). The van der Waals surface area contributed by atoms with E-state index in [1.54, 1.807) is 24.3 Å². The SMILES string of the molecule is CC(=O)OC[C@@]12O[C@H]3O[C@H](COCCOc4ccccc4OCCOC[C@@H](O1)[C@@H](OC(C)=O)[C@@H]2OC(C)=O)[C@@H](OC(C)=O)[C@H](OC(C)=O)[C@H]3OC(C)=O. The highest BCUT2D eigenvalue weighted by atomic mass is 16.8. The standard InChI is InChI=1S/C34H44O19/c1-18(35)45-17-34-32(50-23(6)40)29(47-20(3)37)27(52-34)16-42-12-14-44-25-10-8-7-9-24(25)43-13-11-41-15-26-28(46-19(2)36)30(48-21(4)38)31(49-22(5)39)33(51-26)53-34/h7-10,26-33H,11-17H2,1-6H3/t26-,27-,28-,29-,30+,31-,32+,33-,34+/m1/s1. The molecule has 3 aliphatic heterocycles. The molecule has 1 aromatic rings. The van der Waals surface area contributed by atoms with E-state index in [0.29, 0.717) is 11.5 Å². The van der Waals surface area contributed by atoms with E-state index in [0.717, 1.165) is 41.5 Å². The molecule has 0 radical (unpaired) electrons. The van der Waals surface area contributed by atoms with Gasteiger partial charge < -0.3 is 61.6 Å². The second-order valence-corrected chi connectivity index (χ2v) is 12.0. The number of ether oxygens (including phenoxy) is 13. The number of para-hydroxylation sites is 2. The maximum atomic E-state index is 12.6. The molecule has 0 aliphatic carbocycles. The molecule has 0 spiro atoms. The molecule has 3 aliphatic rings. The minimum absolute atomic E-state index is 0.0102. The van der Waals surface area contributed by atoms with E-state index in [-0.39, 0.29) is 39.6 Å².